The largest absolute Gasteiger partial charge is 0.396 e. The van der Waals surface area contributed by atoms with Crippen LogP contribution in [0.15, 0.2) is 0 Å². The van der Waals surface area contributed by atoms with Crippen molar-refractivity contribution >= 4 is 40.5 Å². The van der Waals surface area contributed by atoms with Crippen molar-refractivity contribution in [1.82, 2.24) is 4.98 Å². The fourth-order valence-electron chi connectivity index (χ4n) is 2.51. The Labute approximate surface area is 133 Å². The lowest BCUT2D eigenvalue weighted by Crippen LogP contribution is -2.39. The average molecular weight is 333 g/mol. The van der Waals surface area contributed by atoms with E-state index < -0.39 is 0 Å². The molecule has 2 N–H and O–H groups in total. The van der Waals surface area contributed by atoms with E-state index in [1.807, 2.05) is 0 Å². The van der Waals surface area contributed by atoms with E-state index in [-0.39, 0.29) is 0 Å². The Morgan fingerprint density at radius 1 is 0.810 bits per heavy atom. The highest BCUT2D eigenvalue weighted by atomic mass is 35.5. The van der Waals surface area contributed by atoms with Crippen molar-refractivity contribution in [3.05, 3.63) is 10.0 Å². The first-order valence-corrected chi connectivity index (χ1v) is 7.74. The van der Waals surface area contributed by atoms with Crippen LogP contribution in [0.5, 0.6) is 0 Å². The van der Waals surface area contributed by atoms with Gasteiger partial charge in [0.1, 0.15) is 10.0 Å². The number of aromatic nitrogens is 1. The molecule has 21 heavy (non-hydrogen) atoms. The SMILES string of the molecule is Nc1c(Cl)c(N2CCOCC2)nc(N2CCOCC2)c1Cl. The zero-order valence-corrected chi connectivity index (χ0v) is 13.2. The second-order valence-electron chi connectivity index (χ2n) is 5.00. The minimum atomic E-state index is 0.385. The number of hydrogen-bond acceptors (Lipinski definition) is 6. The summed E-state index contributed by atoms with van der Waals surface area (Å²) < 4.78 is 10.7. The Morgan fingerprint density at radius 2 is 1.19 bits per heavy atom. The molecule has 0 amide bonds. The van der Waals surface area contributed by atoms with Crippen molar-refractivity contribution < 1.29 is 9.47 Å². The second kappa shape index (κ2) is 6.44. The predicted molar refractivity (Wildman–Crippen MR) is 84.7 cm³/mol. The lowest BCUT2D eigenvalue weighted by Gasteiger charge is -2.32. The number of pyridine rings is 1. The molecule has 0 radical (unpaired) electrons. The summed E-state index contributed by atoms with van der Waals surface area (Å²) in [7, 11) is 0. The zero-order chi connectivity index (χ0) is 14.8. The number of anilines is 3. The quantitative estimate of drug-likeness (QED) is 0.888. The lowest BCUT2D eigenvalue weighted by molar-refractivity contribution is 0.121. The maximum absolute atomic E-state index is 6.35. The molecule has 1 aromatic rings. The van der Waals surface area contributed by atoms with Gasteiger partial charge in [0, 0.05) is 26.2 Å². The summed E-state index contributed by atoms with van der Waals surface area (Å²) in [4.78, 5) is 8.85. The predicted octanol–water partition coefficient (Wildman–Crippen LogP) is 1.64. The summed E-state index contributed by atoms with van der Waals surface area (Å²) in [5, 5.41) is 0.831. The number of nitrogens with zero attached hydrogens (tertiary/aromatic N) is 3. The summed E-state index contributed by atoms with van der Waals surface area (Å²) in [5.74, 6) is 1.37. The third kappa shape index (κ3) is 2.99. The van der Waals surface area contributed by atoms with E-state index in [0.717, 1.165) is 26.2 Å². The minimum Gasteiger partial charge on any atom is -0.396 e. The van der Waals surface area contributed by atoms with Gasteiger partial charge in [0.25, 0.3) is 0 Å². The molecule has 3 rings (SSSR count). The molecule has 0 aromatic carbocycles. The summed E-state index contributed by atoms with van der Waals surface area (Å²) in [6, 6.07) is 0. The number of rotatable bonds is 2. The number of hydrogen-bond donors (Lipinski definition) is 1. The fourth-order valence-corrected chi connectivity index (χ4v) is 3.07. The van der Waals surface area contributed by atoms with Crippen LogP contribution in [-0.2, 0) is 9.47 Å². The van der Waals surface area contributed by atoms with Crippen molar-refractivity contribution in [1.29, 1.82) is 0 Å². The van der Waals surface area contributed by atoms with E-state index in [9.17, 15) is 0 Å². The number of ether oxygens (including phenoxy) is 2. The van der Waals surface area contributed by atoms with Gasteiger partial charge in [-0.25, -0.2) is 4.98 Å². The van der Waals surface area contributed by atoms with Gasteiger partial charge in [0.15, 0.2) is 11.6 Å². The van der Waals surface area contributed by atoms with Crippen molar-refractivity contribution in [3.63, 3.8) is 0 Å². The molecule has 0 aliphatic carbocycles. The first kappa shape index (κ1) is 15.0. The number of morpholine rings is 2. The smallest absolute Gasteiger partial charge is 0.152 e. The van der Waals surface area contributed by atoms with Gasteiger partial charge in [-0.3, -0.25) is 0 Å². The monoisotopic (exact) mass is 332 g/mol. The van der Waals surface area contributed by atoms with Gasteiger partial charge in [-0.15, -0.1) is 0 Å². The van der Waals surface area contributed by atoms with Crippen molar-refractivity contribution in [2.75, 3.05) is 68.1 Å². The van der Waals surface area contributed by atoms with Crippen molar-refractivity contribution in [2.24, 2.45) is 0 Å². The highest BCUT2D eigenvalue weighted by molar-refractivity contribution is 6.41. The van der Waals surface area contributed by atoms with Crippen LogP contribution in [0, 0.1) is 0 Å². The summed E-state index contributed by atoms with van der Waals surface area (Å²) >= 11 is 12.7. The fraction of sp³-hybridized carbons (Fsp3) is 0.615. The topological polar surface area (TPSA) is 63.8 Å². The van der Waals surface area contributed by atoms with Crippen LogP contribution in [0.2, 0.25) is 10.0 Å². The normalized spacial score (nSPS) is 19.9. The first-order chi connectivity index (χ1) is 10.2. The van der Waals surface area contributed by atoms with Crippen LogP contribution < -0.4 is 15.5 Å². The van der Waals surface area contributed by atoms with Gasteiger partial charge in [-0.2, -0.15) is 0 Å². The molecular weight excluding hydrogens is 315 g/mol. The number of halogens is 2. The molecule has 2 fully saturated rings. The molecule has 2 aliphatic heterocycles. The molecule has 1 aromatic heterocycles. The van der Waals surface area contributed by atoms with Gasteiger partial charge in [0.05, 0.1) is 32.1 Å². The standard InChI is InChI=1S/C13H18Cl2N4O2/c14-9-11(16)10(15)13(19-3-7-21-8-4-19)17-12(9)18-1-5-20-6-2-18/h1-8H2,(H2,16,17). The molecule has 2 aliphatic rings. The Morgan fingerprint density at radius 3 is 1.57 bits per heavy atom. The maximum atomic E-state index is 6.35. The molecule has 0 atom stereocenters. The van der Waals surface area contributed by atoms with E-state index in [4.69, 9.17) is 38.4 Å². The number of nitrogen functional groups attached to an aromatic ring is 1. The second-order valence-corrected chi connectivity index (χ2v) is 5.76. The zero-order valence-electron chi connectivity index (χ0n) is 11.6. The molecule has 3 heterocycles. The molecule has 116 valence electrons. The summed E-state index contributed by atoms with van der Waals surface area (Å²) in [6.07, 6.45) is 0. The highest BCUT2D eigenvalue weighted by Crippen LogP contribution is 2.40. The van der Waals surface area contributed by atoms with Gasteiger partial charge in [0.2, 0.25) is 0 Å². The summed E-state index contributed by atoms with van der Waals surface area (Å²) in [6.45, 7) is 5.63. The van der Waals surface area contributed by atoms with Crippen LogP contribution in [0.25, 0.3) is 0 Å². The Balaban J connectivity index is 1.97. The van der Waals surface area contributed by atoms with E-state index in [1.54, 1.807) is 0 Å². The Hall–Kier alpha value is -0.950. The Kier molecular flexibility index (Phi) is 4.59. The van der Waals surface area contributed by atoms with Crippen molar-refractivity contribution in [2.45, 2.75) is 0 Å². The van der Waals surface area contributed by atoms with Gasteiger partial charge in [-0.1, -0.05) is 23.2 Å². The third-order valence-electron chi connectivity index (χ3n) is 3.70. The molecular formula is C13H18Cl2N4O2. The molecule has 0 spiro atoms. The third-order valence-corrected chi connectivity index (χ3v) is 4.44. The highest BCUT2D eigenvalue weighted by Gasteiger charge is 2.24. The average Bonchev–Trinajstić information content (AvgIpc) is 2.55. The van der Waals surface area contributed by atoms with Crippen LogP contribution in [0.3, 0.4) is 0 Å². The van der Waals surface area contributed by atoms with E-state index in [2.05, 4.69) is 14.8 Å². The van der Waals surface area contributed by atoms with Gasteiger partial charge < -0.3 is 25.0 Å². The lowest BCUT2D eigenvalue weighted by atomic mass is 10.3. The molecule has 6 nitrogen and oxygen atoms in total. The molecule has 8 heteroatoms. The maximum Gasteiger partial charge on any atom is 0.152 e. The van der Waals surface area contributed by atoms with Crippen LogP contribution >= 0.6 is 23.2 Å². The molecule has 2 saturated heterocycles. The van der Waals surface area contributed by atoms with E-state index >= 15 is 0 Å². The Bertz CT molecular complexity index is 475. The summed E-state index contributed by atoms with van der Waals surface area (Å²) in [5.41, 5.74) is 6.46. The van der Waals surface area contributed by atoms with Crippen LogP contribution in [-0.4, -0.2) is 57.6 Å². The van der Waals surface area contributed by atoms with Gasteiger partial charge in [-0.05, 0) is 0 Å². The van der Waals surface area contributed by atoms with Crippen LogP contribution in [0.4, 0.5) is 17.3 Å². The van der Waals surface area contributed by atoms with Crippen LogP contribution in [0.1, 0.15) is 0 Å². The van der Waals surface area contributed by atoms with E-state index in [1.165, 1.54) is 0 Å². The first-order valence-electron chi connectivity index (χ1n) is 6.98. The molecule has 0 saturated carbocycles. The number of nitrogens with two attached hydrogens (primary N) is 1. The minimum absolute atomic E-state index is 0.385. The van der Waals surface area contributed by atoms with E-state index in [0.29, 0.717) is 53.8 Å². The molecule has 0 bridgehead atoms. The van der Waals surface area contributed by atoms with Gasteiger partial charge >= 0.3 is 0 Å². The van der Waals surface area contributed by atoms with Crippen molar-refractivity contribution in [3.8, 4) is 0 Å². The molecule has 0 unspecified atom stereocenters.